The van der Waals surface area contributed by atoms with Gasteiger partial charge < -0.3 is 19.1 Å². The van der Waals surface area contributed by atoms with E-state index in [2.05, 4.69) is 11.7 Å². The molecule has 1 aromatic carbocycles. The number of likely N-dealkylation sites (tertiary alicyclic amines) is 1. The summed E-state index contributed by atoms with van der Waals surface area (Å²) in [4.78, 5) is 27.7. The van der Waals surface area contributed by atoms with Crippen molar-refractivity contribution in [3.63, 3.8) is 0 Å². The summed E-state index contributed by atoms with van der Waals surface area (Å²) in [6.45, 7) is 5.15. The van der Waals surface area contributed by atoms with Crippen molar-refractivity contribution in [2.75, 3.05) is 31.1 Å². The molecule has 1 aliphatic carbocycles. The summed E-state index contributed by atoms with van der Waals surface area (Å²) >= 11 is 6.63. The highest BCUT2D eigenvalue weighted by atomic mass is 35.5. The number of aromatic nitrogens is 1. The van der Waals surface area contributed by atoms with Gasteiger partial charge in [-0.15, -0.1) is 0 Å². The number of amides is 2. The van der Waals surface area contributed by atoms with Crippen LogP contribution in [0.2, 0.25) is 5.02 Å². The van der Waals surface area contributed by atoms with E-state index in [-0.39, 0.29) is 24.3 Å². The van der Waals surface area contributed by atoms with Gasteiger partial charge in [-0.25, -0.2) is 0 Å². The van der Waals surface area contributed by atoms with E-state index >= 15 is 0 Å². The fraction of sp³-hybridized carbons (Fsp3) is 0.261. The Hall–Kier alpha value is -3.32. The molecule has 1 saturated heterocycles. The van der Waals surface area contributed by atoms with Crippen molar-refractivity contribution in [1.29, 1.82) is 0 Å². The van der Waals surface area contributed by atoms with Gasteiger partial charge in [-0.2, -0.15) is 0 Å². The number of carbonyl (C=O) groups is 2. The van der Waals surface area contributed by atoms with Gasteiger partial charge in [-0.3, -0.25) is 9.59 Å². The van der Waals surface area contributed by atoms with Crippen LogP contribution in [0.1, 0.15) is 17.7 Å². The summed E-state index contributed by atoms with van der Waals surface area (Å²) < 4.78 is 11.3. The monoisotopic (exact) mass is 437 g/mol. The van der Waals surface area contributed by atoms with Crippen molar-refractivity contribution >= 4 is 41.3 Å². The van der Waals surface area contributed by atoms with Crippen LogP contribution >= 0.6 is 11.6 Å². The van der Waals surface area contributed by atoms with Crippen LogP contribution in [0.5, 0.6) is 5.75 Å². The third-order valence-corrected chi connectivity index (χ3v) is 6.02. The minimum Gasteiger partial charge on any atom is -0.482 e. The second-order valence-electron chi connectivity index (χ2n) is 7.76. The lowest BCUT2D eigenvalue weighted by molar-refractivity contribution is -0.131. The van der Waals surface area contributed by atoms with Crippen molar-refractivity contribution in [3.8, 4) is 17.1 Å². The smallest absolute Gasteiger partial charge is 0.265 e. The van der Waals surface area contributed by atoms with Crippen molar-refractivity contribution in [3.05, 3.63) is 53.2 Å². The van der Waals surface area contributed by atoms with Crippen LogP contribution in [0.15, 0.2) is 41.5 Å². The molecule has 2 aliphatic heterocycles. The van der Waals surface area contributed by atoms with E-state index < -0.39 is 0 Å². The predicted octanol–water partition coefficient (Wildman–Crippen LogP) is 3.79. The zero-order chi connectivity index (χ0) is 21.5. The molecule has 158 valence electrons. The normalized spacial score (nSPS) is 17.5. The molecule has 5 rings (SSSR count). The average molecular weight is 438 g/mol. The average Bonchev–Trinajstić information content (AvgIpc) is 2.98. The molecule has 3 aliphatic rings. The van der Waals surface area contributed by atoms with Crippen LogP contribution < -0.4 is 9.64 Å². The lowest BCUT2D eigenvalue weighted by atomic mass is 9.98. The van der Waals surface area contributed by atoms with E-state index in [1.165, 1.54) is 6.08 Å². The first-order valence-corrected chi connectivity index (χ1v) is 10.4. The van der Waals surface area contributed by atoms with Gasteiger partial charge in [0.25, 0.3) is 5.91 Å². The molecule has 0 radical (unpaired) electrons. The molecule has 31 heavy (non-hydrogen) atoms. The second-order valence-corrected chi connectivity index (χ2v) is 8.16. The molecule has 2 aromatic rings. The number of benzene rings is 1. The van der Waals surface area contributed by atoms with Gasteiger partial charge >= 0.3 is 0 Å². The Morgan fingerprint density at radius 1 is 1.29 bits per heavy atom. The number of carbonyl (C=O) groups excluding carboxylic acids is 2. The van der Waals surface area contributed by atoms with Crippen LogP contribution in [0.25, 0.3) is 23.5 Å². The van der Waals surface area contributed by atoms with E-state index in [9.17, 15) is 9.59 Å². The molecular weight excluding hydrogens is 418 g/mol. The predicted molar refractivity (Wildman–Crippen MR) is 118 cm³/mol. The number of hydrogen-bond acceptors (Lipinski definition) is 5. The van der Waals surface area contributed by atoms with E-state index in [1.807, 2.05) is 24.3 Å². The molecule has 7 nitrogen and oxygen atoms in total. The number of allylic oxidation sites excluding steroid dienone is 2. The van der Waals surface area contributed by atoms with Crippen molar-refractivity contribution < 1.29 is 18.8 Å². The lowest BCUT2D eigenvalue weighted by Crippen LogP contribution is -2.55. The number of nitrogens with zero attached hydrogens (tertiary/aromatic N) is 3. The van der Waals surface area contributed by atoms with Gasteiger partial charge in [0.15, 0.2) is 12.4 Å². The Bertz CT molecular complexity index is 1140. The Morgan fingerprint density at radius 3 is 2.90 bits per heavy atom. The van der Waals surface area contributed by atoms with Crippen molar-refractivity contribution in [2.45, 2.75) is 6.42 Å². The maximum absolute atomic E-state index is 12.6. The van der Waals surface area contributed by atoms with E-state index in [0.29, 0.717) is 47.4 Å². The molecule has 0 atom stereocenters. The number of fused-ring (bicyclic) bond motifs is 2. The highest BCUT2D eigenvalue weighted by Crippen LogP contribution is 2.43. The highest BCUT2D eigenvalue weighted by Gasteiger charge is 2.35. The van der Waals surface area contributed by atoms with Crippen molar-refractivity contribution in [1.82, 2.24) is 10.1 Å². The fourth-order valence-electron chi connectivity index (χ4n) is 4.08. The lowest BCUT2D eigenvalue weighted by Gasteiger charge is -2.42. The zero-order valence-electron chi connectivity index (χ0n) is 16.7. The fourth-order valence-corrected chi connectivity index (χ4v) is 4.32. The summed E-state index contributed by atoms with van der Waals surface area (Å²) in [6, 6.07) is 3.54. The topological polar surface area (TPSA) is 75.9 Å². The van der Waals surface area contributed by atoms with Crippen LogP contribution in [0.3, 0.4) is 0 Å². The Morgan fingerprint density at radius 2 is 2.10 bits per heavy atom. The summed E-state index contributed by atoms with van der Waals surface area (Å²) in [7, 11) is 0. The first kappa shape index (κ1) is 19.6. The molecule has 1 fully saturated rings. The van der Waals surface area contributed by atoms with Gasteiger partial charge in [0.05, 0.1) is 10.7 Å². The molecule has 3 heterocycles. The van der Waals surface area contributed by atoms with Gasteiger partial charge in [0.1, 0.15) is 11.4 Å². The summed E-state index contributed by atoms with van der Waals surface area (Å²) in [5, 5.41) is 4.59. The Kier molecular flexibility index (Phi) is 4.90. The third-order valence-electron chi connectivity index (χ3n) is 5.71. The van der Waals surface area contributed by atoms with Gasteiger partial charge in [0.2, 0.25) is 5.91 Å². The molecule has 0 N–H and O–H groups in total. The molecule has 0 unspecified atom stereocenters. The number of halogens is 1. The Balaban J connectivity index is 1.44. The zero-order valence-corrected chi connectivity index (χ0v) is 17.5. The van der Waals surface area contributed by atoms with Crippen LogP contribution in [-0.4, -0.2) is 48.1 Å². The van der Waals surface area contributed by atoms with Gasteiger partial charge in [-0.1, -0.05) is 41.6 Å². The number of ether oxygens (including phenoxy) is 1. The third kappa shape index (κ3) is 3.45. The molecule has 0 saturated carbocycles. The van der Waals surface area contributed by atoms with E-state index in [4.69, 9.17) is 20.9 Å². The largest absolute Gasteiger partial charge is 0.482 e. The number of rotatable bonds is 4. The minimum absolute atomic E-state index is 0.0484. The van der Waals surface area contributed by atoms with Gasteiger partial charge in [0, 0.05) is 36.7 Å². The van der Waals surface area contributed by atoms with Crippen molar-refractivity contribution in [2.24, 2.45) is 5.92 Å². The quantitative estimate of drug-likeness (QED) is 0.680. The first-order chi connectivity index (χ1) is 15.0. The second kappa shape index (κ2) is 7.74. The number of hydrogen-bond donors (Lipinski definition) is 0. The molecule has 0 spiro atoms. The summed E-state index contributed by atoms with van der Waals surface area (Å²) in [5.41, 5.74) is 2.90. The highest BCUT2D eigenvalue weighted by molar-refractivity contribution is 6.34. The van der Waals surface area contributed by atoms with Crippen LogP contribution in [0, 0.1) is 5.92 Å². The van der Waals surface area contributed by atoms with Crippen LogP contribution in [0.4, 0.5) is 5.69 Å². The summed E-state index contributed by atoms with van der Waals surface area (Å²) in [5.74, 6) is 1.10. The number of anilines is 1. The van der Waals surface area contributed by atoms with Gasteiger partial charge in [-0.05, 0) is 30.7 Å². The maximum atomic E-state index is 12.6. The standard InChI is InChI=1S/C23H20ClN3O4/c1-2-21(28)26-10-14(11-26)12-27-19-9-17(24)16(8-20(19)30-13-22(27)29)23-15-6-4-3-5-7-18(15)25-31-23/h2,4-9,14H,1,3,10-13H2. The maximum Gasteiger partial charge on any atom is 0.265 e. The van der Waals surface area contributed by atoms with E-state index in [0.717, 1.165) is 17.7 Å². The minimum atomic E-state index is -0.133. The van der Waals surface area contributed by atoms with E-state index in [1.54, 1.807) is 21.9 Å². The Labute approximate surface area is 184 Å². The molecule has 0 bridgehead atoms. The molecule has 8 heteroatoms. The first-order valence-electron chi connectivity index (χ1n) is 10.1. The molecular formula is C23H20ClN3O4. The van der Waals surface area contributed by atoms with Crippen LogP contribution in [-0.2, 0) is 9.59 Å². The summed E-state index contributed by atoms with van der Waals surface area (Å²) in [6.07, 6.45) is 10.1. The molecule has 1 aromatic heterocycles. The SMILES string of the molecule is C=CC(=O)N1CC(CN2C(=O)COc3cc(-c4onc5c4C=CCC=C5)c(Cl)cc32)C1. The molecule has 2 amide bonds.